The molecule has 168 valence electrons. The number of amides is 1. The Bertz CT molecular complexity index is 1460. The number of hydrogen-bond donors (Lipinski definition) is 1. The van der Waals surface area contributed by atoms with E-state index < -0.39 is 14.8 Å². The maximum Gasteiger partial charge on any atom is 0.269 e. The fourth-order valence-corrected chi connectivity index (χ4v) is 5.29. The molecule has 3 aromatic carbocycles. The maximum atomic E-state index is 13.2. The molecular weight excluding hydrogens is 442 g/mol. The Morgan fingerprint density at radius 3 is 2.42 bits per heavy atom. The van der Waals surface area contributed by atoms with Crippen LogP contribution in [0.5, 0.6) is 0 Å². The van der Waals surface area contributed by atoms with Crippen LogP contribution >= 0.6 is 0 Å². The zero-order valence-corrected chi connectivity index (χ0v) is 18.6. The Kier molecular flexibility index (Phi) is 5.97. The summed E-state index contributed by atoms with van der Waals surface area (Å²) in [5.41, 5.74) is 2.26. The number of carbonyl (C=O) groups is 1. The molecule has 0 saturated carbocycles. The number of aryl methyl sites for hydroxylation is 1. The number of anilines is 1. The Morgan fingerprint density at radius 2 is 1.73 bits per heavy atom. The van der Waals surface area contributed by atoms with E-state index in [-0.39, 0.29) is 28.8 Å². The number of para-hydroxylation sites is 1. The first-order valence-corrected chi connectivity index (χ1v) is 11.8. The monoisotopic (exact) mass is 463 g/mol. The number of hydrogen-bond acceptors (Lipinski definition) is 5. The summed E-state index contributed by atoms with van der Waals surface area (Å²) >= 11 is 0. The minimum Gasteiger partial charge on any atom is -0.337 e. The molecule has 0 radical (unpaired) electrons. The first kappa shape index (κ1) is 22.2. The summed E-state index contributed by atoms with van der Waals surface area (Å²) in [6.45, 7) is 1.56. The number of non-ortho nitro benzene ring substituents is 1. The molecule has 1 amide bonds. The van der Waals surface area contributed by atoms with Gasteiger partial charge in [0.15, 0.2) is 9.84 Å². The second-order valence-electron chi connectivity index (χ2n) is 7.69. The lowest BCUT2D eigenvalue weighted by atomic mass is 10.2. The Morgan fingerprint density at radius 1 is 1.03 bits per heavy atom. The van der Waals surface area contributed by atoms with Crippen LogP contribution in [-0.4, -0.2) is 23.8 Å². The van der Waals surface area contributed by atoms with Crippen molar-refractivity contribution in [3.05, 3.63) is 100 Å². The molecule has 0 unspecified atom stereocenters. The highest BCUT2D eigenvalue weighted by Gasteiger charge is 2.22. The van der Waals surface area contributed by atoms with Crippen LogP contribution in [0.4, 0.5) is 11.4 Å². The summed E-state index contributed by atoms with van der Waals surface area (Å²) in [4.78, 5) is 23.3. The van der Waals surface area contributed by atoms with Crippen molar-refractivity contribution in [3.8, 4) is 0 Å². The second kappa shape index (κ2) is 8.87. The lowest BCUT2D eigenvalue weighted by Crippen LogP contribution is -2.19. The lowest BCUT2D eigenvalue weighted by molar-refractivity contribution is -0.384. The number of nitrogens with zero attached hydrogens (tertiary/aromatic N) is 2. The molecule has 0 bridgehead atoms. The number of sulfone groups is 1. The molecule has 9 heteroatoms. The van der Waals surface area contributed by atoms with E-state index in [2.05, 4.69) is 5.32 Å². The van der Waals surface area contributed by atoms with Crippen molar-refractivity contribution in [2.75, 3.05) is 5.32 Å². The standard InChI is InChI=1S/C24H21N3O5S/c1-17-13-19(27(29)30)11-12-21(17)25-24(28)15-26-14-23(20-9-5-6-10-22(20)26)33(31,32)16-18-7-3-2-4-8-18/h2-14H,15-16H2,1H3,(H,25,28). The highest BCUT2D eigenvalue weighted by Crippen LogP contribution is 2.28. The van der Waals surface area contributed by atoms with E-state index in [0.29, 0.717) is 27.7 Å². The summed E-state index contributed by atoms with van der Waals surface area (Å²) in [7, 11) is -3.65. The average Bonchev–Trinajstić information content (AvgIpc) is 3.15. The minimum atomic E-state index is -3.65. The summed E-state index contributed by atoms with van der Waals surface area (Å²) in [6.07, 6.45) is 1.49. The minimum absolute atomic E-state index is 0.0600. The number of nitro groups is 1. The van der Waals surface area contributed by atoms with Crippen molar-refractivity contribution in [2.45, 2.75) is 24.1 Å². The smallest absolute Gasteiger partial charge is 0.269 e. The van der Waals surface area contributed by atoms with Gasteiger partial charge in [-0.05, 0) is 30.2 Å². The van der Waals surface area contributed by atoms with Gasteiger partial charge in [-0.1, -0.05) is 48.5 Å². The van der Waals surface area contributed by atoms with Crippen molar-refractivity contribution >= 4 is 38.0 Å². The van der Waals surface area contributed by atoms with Crippen LogP contribution in [-0.2, 0) is 26.9 Å². The number of nitrogens with one attached hydrogen (secondary N) is 1. The number of rotatable bonds is 7. The maximum absolute atomic E-state index is 13.2. The summed E-state index contributed by atoms with van der Waals surface area (Å²) < 4.78 is 27.9. The number of aromatic nitrogens is 1. The van der Waals surface area contributed by atoms with Crippen molar-refractivity contribution in [1.82, 2.24) is 4.57 Å². The van der Waals surface area contributed by atoms with E-state index in [0.717, 1.165) is 0 Å². The normalized spacial score (nSPS) is 11.4. The van der Waals surface area contributed by atoms with Crippen LogP contribution in [0, 0.1) is 17.0 Å². The SMILES string of the molecule is Cc1cc([N+](=O)[O-])ccc1NC(=O)Cn1cc(S(=O)(=O)Cc2ccccc2)c2ccccc21. The largest absolute Gasteiger partial charge is 0.337 e. The van der Waals surface area contributed by atoms with Crippen molar-refractivity contribution in [1.29, 1.82) is 0 Å². The topological polar surface area (TPSA) is 111 Å². The summed E-state index contributed by atoms with van der Waals surface area (Å²) in [6, 6.07) is 20.1. The second-order valence-corrected chi connectivity index (χ2v) is 9.65. The van der Waals surface area contributed by atoms with Crippen LogP contribution in [0.25, 0.3) is 10.9 Å². The average molecular weight is 464 g/mol. The third-order valence-electron chi connectivity index (χ3n) is 5.30. The number of benzene rings is 3. The van der Waals surface area contributed by atoms with E-state index in [1.165, 1.54) is 24.4 Å². The molecule has 0 saturated heterocycles. The number of fused-ring (bicyclic) bond motifs is 1. The fraction of sp³-hybridized carbons (Fsp3) is 0.125. The van der Waals surface area contributed by atoms with Gasteiger partial charge in [0.1, 0.15) is 6.54 Å². The van der Waals surface area contributed by atoms with E-state index in [9.17, 15) is 23.3 Å². The first-order valence-electron chi connectivity index (χ1n) is 10.1. The Balaban J connectivity index is 1.61. The molecule has 0 aliphatic heterocycles. The molecular formula is C24H21N3O5S. The van der Waals surface area contributed by atoms with Gasteiger partial charge in [0.25, 0.3) is 5.69 Å². The number of nitro benzene ring substituents is 1. The van der Waals surface area contributed by atoms with Crippen LogP contribution in [0.3, 0.4) is 0 Å². The molecule has 33 heavy (non-hydrogen) atoms. The predicted octanol–water partition coefficient (Wildman–Crippen LogP) is 4.47. The molecule has 1 N–H and O–H groups in total. The molecule has 1 aromatic heterocycles. The Hall–Kier alpha value is -3.98. The van der Waals surface area contributed by atoms with Gasteiger partial charge in [-0.25, -0.2) is 8.42 Å². The van der Waals surface area contributed by atoms with Crippen molar-refractivity contribution in [2.24, 2.45) is 0 Å². The van der Waals surface area contributed by atoms with Crippen LogP contribution in [0.15, 0.2) is 83.9 Å². The fourth-order valence-electron chi connectivity index (χ4n) is 3.71. The summed E-state index contributed by atoms with van der Waals surface area (Å²) in [5.74, 6) is -0.518. The Labute approximate surface area is 190 Å². The molecule has 4 rings (SSSR count). The molecule has 0 fully saturated rings. The third-order valence-corrected chi connectivity index (χ3v) is 7.00. The molecule has 8 nitrogen and oxygen atoms in total. The predicted molar refractivity (Wildman–Crippen MR) is 126 cm³/mol. The zero-order chi connectivity index (χ0) is 23.6. The van der Waals surface area contributed by atoms with Gasteiger partial charge in [-0.3, -0.25) is 14.9 Å². The van der Waals surface area contributed by atoms with Gasteiger partial charge in [0, 0.05) is 34.9 Å². The molecule has 0 spiro atoms. The van der Waals surface area contributed by atoms with Gasteiger partial charge in [-0.15, -0.1) is 0 Å². The molecule has 4 aromatic rings. The first-order chi connectivity index (χ1) is 15.7. The van der Waals surface area contributed by atoms with Crippen LogP contribution < -0.4 is 5.32 Å². The van der Waals surface area contributed by atoms with E-state index in [1.807, 2.05) is 6.07 Å². The lowest BCUT2D eigenvalue weighted by Gasteiger charge is -2.09. The summed E-state index contributed by atoms with van der Waals surface area (Å²) in [5, 5.41) is 14.2. The molecule has 1 heterocycles. The van der Waals surface area contributed by atoms with Crippen molar-refractivity contribution < 1.29 is 18.1 Å². The van der Waals surface area contributed by atoms with Crippen LogP contribution in [0.1, 0.15) is 11.1 Å². The van der Waals surface area contributed by atoms with Crippen molar-refractivity contribution in [3.63, 3.8) is 0 Å². The van der Waals surface area contributed by atoms with E-state index in [4.69, 9.17) is 0 Å². The van der Waals surface area contributed by atoms with E-state index in [1.54, 1.807) is 60.0 Å². The molecule has 0 aliphatic carbocycles. The highest BCUT2D eigenvalue weighted by molar-refractivity contribution is 7.90. The molecule has 0 aliphatic rings. The van der Waals surface area contributed by atoms with Gasteiger partial charge in [0.05, 0.1) is 15.6 Å². The van der Waals surface area contributed by atoms with E-state index >= 15 is 0 Å². The van der Waals surface area contributed by atoms with Crippen LogP contribution in [0.2, 0.25) is 0 Å². The van der Waals surface area contributed by atoms with Gasteiger partial charge in [0.2, 0.25) is 5.91 Å². The van der Waals surface area contributed by atoms with Gasteiger partial charge in [-0.2, -0.15) is 0 Å². The third kappa shape index (κ3) is 4.78. The van der Waals surface area contributed by atoms with Gasteiger partial charge < -0.3 is 9.88 Å². The molecule has 0 atom stereocenters. The zero-order valence-electron chi connectivity index (χ0n) is 17.8. The quantitative estimate of drug-likeness (QED) is 0.321. The van der Waals surface area contributed by atoms with Gasteiger partial charge >= 0.3 is 0 Å². The highest BCUT2D eigenvalue weighted by atomic mass is 32.2. The number of carbonyl (C=O) groups excluding carboxylic acids is 1.